The second-order valence-electron chi connectivity index (χ2n) is 10.5. The van der Waals surface area contributed by atoms with Crippen LogP contribution in [0.15, 0.2) is 24.3 Å². The first-order chi connectivity index (χ1) is 17.5. The number of carbonyl (C=O) groups excluding carboxylic acids is 1. The summed E-state index contributed by atoms with van der Waals surface area (Å²) < 4.78 is 1.21. The molecule has 1 aliphatic carbocycles. The minimum absolute atomic E-state index is 0.0718. The van der Waals surface area contributed by atoms with E-state index in [-0.39, 0.29) is 11.8 Å². The molecule has 3 aliphatic rings. The van der Waals surface area contributed by atoms with Crippen LogP contribution in [0.3, 0.4) is 0 Å². The first kappa shape index (κ1) is 24.2. The van der Waals surface area contributed by atoms with Gasteiger partial charge in [-0.3, -0.25) is 4.79 Å². The van der Waals surface area contributed by atoms with Crippen molar-refractivity contribution >= 4 is 49.4 Å². The van der Waals surface area contributed by atoms with Gasteiger partial charge in [-0.15, -0.1) is 22.7 Å². The van der Waals surface area contributed by atoms with Crippen molar-refractivity contribution in [1.29, 1.82) is 0 Å². The average Bonchev–Trinajstić information content (AvgIpc) is 3.60. The highest BCUT2D eigenvalue weighted by molar-refractivity contribution is 7.23. The van der Waals surface area contributed by atoms with Crippen LogP contribution in [0, 0.1) is 5.92 Å². The molecule has 36 heavy (non-hydrogen) atoms. The van der Waals surface area contributed by atoms with E-state index in [9.17, 15) is 4.79 Å². The standard InChI is InChI=1S/C28H35N5OS2/c1-16(2)31-20-5-3-19(13-20)26(34)33-28-25(21-9-12-30-15-24(21)36-28)27-32-22-6-4-18(14-23(22)35-27)17-7-10-29-11-8-17/h4,6-7,14,16,19-20,29-31H,3,5,8-13,15H2,1-2H3,(H,33,34). The average molecular weight is 522 g/mol. The van der Waals surface area contributed by atoms with E-state index in [1.54, 1.807) is 22.7 Å². The van der Waals surface area contributed by atoms with Gasteiger partial charge in [-0.05, 0) is 74.0 Å². The van der Waals surface area contributed by atoms with Crippen molar-refractivity contribution in [2.24, 2.45) is 5.92 Å². The molecule has 6 rings (SSSR count). The van der Waals surface area contributed by atoms with E-state index in [2.05, 4.69) is 59.4 Å². The number of nitrogens with one attached hydrogen (secondary N) is 4. The molecule has 4 heterocycles. The summed E-state index contributed by atoms with van der Waals surface area (Å²) in [5, 5.41) is 15.9. The number of hydrogen-bond donors (Lipinski definition) is 4. The number of thiophene rings is 1. The minimum atomic E-state index is 0.0718. The summed E-state index contributed by atoms with van der Waals surface area (Å²) in [5.41, 5.74) is 6.27. The van der Waals surface area contributed by atoms with Gasteiger partial charge in [0.25, 0.3) is 0 Å². The van der Waals surface area contributed by atoms with Gasteiger partial charge in [0.05, 0.1) is 10.2 Å². The molecule has 190 valence electrons. The number of nitrogens with zero attached hydrogens (tertiary/aromatic N) is 1. The molecule has 1 amide bonds. The van der Waals surface area contributed by atoms with Gasteiger partial charge < -0.3 is 21.3 Å². The predicted octanol–water partition coefficient (Wildman–Crippen LogP) is 5.15. The number of rotatable bonds is 6. The number of thiazole rings is 1. The summed E-state index contributed by atoms with van der Waals surface area (Å²) in [4.78, 5) is 19.8. The molecule has 1 aromatic carbocycles. The molecule has 6 nitrogen and oxygen atoms in total. The molecule has 1 fully saturated rings. The molecular formula is C28H35N5OS2. The monoisotopic (exact) mass is 521 g/mol. The Balaban J connectivity index is 1.30. The van der Waals surface area contributed by atoms with Crippen LogP contribution in [-0.2, 0) is 17.8 Å². The Hall–Kier alpha value is -2.10. The molecule has 2 atom stereocenters. The zero-order valence-electron chi connectivity index (χ0n) is 21.1. The van der Waals surface area contributed by atoms with Crippen molar-refractivity contribution in [1.82, 2.24) is 20.9 Å². The SMILES string of the molecule is CC(C)NC1CCC(C(=O)Nc2sc3c(c2-c2nc4ccc(C5=CCNCC5)cc4s2)CCNC3)C1. The quantitative estimate of drug-likeness (QED) is 0.361. The fraction of sp³-hybridized carbons (Fsp3) is 0.500. The lowest BCUT2D eigenvalue weighted by molar-refractivity contribution is -0.119. The fourth-order valence-electron chi connectivity index (χ4n) is 5.82. The first-order valence-electron chi connectivity index (χ1n) is 13.3. The Kier molecular flexibility index (Phi) is 6.97. The minimum Gasteiger partial charge on any atom is -0.317 e. The molecule has 1 saturated carbocycles. The molecule has 2 unspecified atom stereocenters. The van der Waals surface area contributed by atoms with Gasteiger partial charge in [-0.2, -0.15) is 0 Å². The van der Waals surface area contributed by atoms with Crippen LogP contribution in [0.4, 0.5) is 5.00 Å². The summed E-state index contributed by atoms with van der Waals surface area (Å²) >= 11 is 3.49. The molecule has 4 N–H and O–H groups in total. The summed E-state index contributed by atoms with van der Waals surface area (Å²) in [6.45, 7) is 8.15. The van der Waals surface area contributed by atoms with E-state index in [0.29, 0.717) is 12.1 Å². The third-order valence-corrected chi connectivity index (χ3v) is 9.76. The normalized spacial score (nSPS) is 22.1. The van der Waals surface area contributed by atoms with Crippen molar-refractivity contribution < 1.29 is 4.79 Å². The Morgan fingerprint density at radius 2 is 2.03 bits per heavy atom. The van der Waals surface area contributed by atoms with Gasteiger partial charge in [0, 0.05) is 41.5 Å². The fourth-order valence-corrected chi connectivity index (χ4v) is 8.19. The summed E-state index contributed by atoms with van der Waals surface area (Å²) in [6, 6.07) is 7.56. The topological polar surface area (TPSA) is 78.1 Å². The maximum absolute atomic E-state index is 13.4. The number of anilines is 1. The van der Waals surface area contributed by atoms with Crippen molar-refractivity contribution in [3.63, 3.8) is 0 Å². The predicted molar refractivity (Wildman–Crippen MR) is 152 cm³/mol. The highest BCUT2D eigenvalue weighted by Crippen LogP contribution is 2.45. The summed E-state index contributed by atoms with van der Waals surface area (Å²) in [5.74, 6) is 0.236. The van der Waals surface area contributed by atoms with Gasteiger partial charge in [0.15, 0.2) is 0 Å². The number of hydrogen-bond acceptors (Lipinski definition) is 7. The molecule has 0 saturated heterocycles. The highest BCUT2D eigenvalue weighted by Gasteiger charge is 2.32. The largest absolute Gasteiger partial charge is 0.317 e. The third kappa shape index (κ3) is 4.89. The lowest BCUT2D eigenvalue weighted by Crippen LogP contribution is -2.33. The summed E-state index contributed by atoms with van der Waals surface area (Å²) in [7, 11) is 0. The van der Waals surface area contributed by atoms with Crippen molar-refractivity contribution in [3.05, 3.63) is 40.3 Å². The Labute approximate surface area is 221 Å². The summed E-state index contributed by atoms with van der Waals surface area (Å²) in [6.07, 6.45) is 7.28. The second-order valence-corrected chi connectivity index (χ2v) is 12.7. The Morgan fingerprint density at radius 3 is 2.86 bits per heavy atom. The second kappa shape index (κ2) is 10.3. The van der Waals surface area contributed by atoms with E-state index >= 15 is 0 Å². The van der Waals surface area contributed by atoms with Crippen LogP contribution in [0.5, 0.6) is 0 Å². The number of amides is 1. The Morgan fingerprint density at radius 1 is 1.14 bits per heavy atom. The van der Waals surface area contributed by atoms with Crippen LogP contribution < -0.4 is 21.3 Å². The molecule has 3 aromatic rings. The molecular weight excluding hydrogens is 486 g/mol. The van der Waals surface area contributed by atoms with Gasteiger partial charge in [0.2, 0.25) is 5.91 Å². The van der Waals surface area contributed by atoms with Gasteiger partial charge >= 0.3 is 0 Å². The van der Waals surface area contributed by atoms with E-state index in [1.807, 2.05) is 0 Å². The molecule has 0 radical (unpaired) electrons. The van der Waals surface area contributed by atoms with Gasteiger partial charge in [0.1, 0.15) is 10.0 Å². The van der Waals surface area contributed by atoms with Crippen LogP contribution in [0.2, 0.25) is 0 Å². The molecule has 2 aliphatic heterocycles. The maximum Gasteiger partial charge on any atom is 0.228 e. The molecule has 0 spiro atoms. The van der Waals surface area contributed by atoms with Gasteiger partial charge in [-0.1, -0.05) is 26.0 Å². The van der Waals surface area contributed by atoms with E-state index < -0.39 is 0 Å². The van der Waals surface area contributed by atoms with Crippen LogP contribution in [0.1, 0.15) is 55.5 Å². The highest BCUT2D eigenvalue weighted by atomic mass is 32.1. The zero-order valence-corrected chi connectivity index (χ0v) is 22.7. The maximum atomic E-state index is 13.4. The first-order valence-corrected chi connectivity index (χ1v) is 14.9. The smallest absolute Gasteiger partial charge is 0.228 e. The number of fused-ring (bicyclic) bond motifs is 2. The third-order valence-electron chi connectivity index (χ3n) is 7.57. The lowest BCUT2D eigenvalue weighted by Gasteiger charge is -2.16. The number of benzene rings is 1. The zero-order chi connectivity index (χ0) is 24.6. The number of carbonyl (C=O) groups is 1. The van der Waals surface area contributed by atoms with Crippen molar-refractivity contribution in [2.45, 2.75) is 64.6 Å². The van der Waals surface area contributed by atoms with Crippen molar-refractivity contribution in [3.8, 4) is 10.6 Å². The van der Waals surface area contributed by atoms with Gasteiger partial charge in [-0.25, -0.2) is 4.98 Å². The number of aromatic nitrogens is 1. The molecule has 0 bridgehead atoms. The van der Waals surface area contributed by atoms with Crippen LogP contribution in [0.25, 0.3) is 26.4 Å². The van der Waals surface area contributed by atoms with Crippen LogP contribution >= 0.6 is 22.7 Å². The Bertz CT molecular complexity index is 1310. The molecule has 8 heteroatoms. The molecule has 2 aromatic heterocycles. The van der Waals surface area contributed by atoms with Crippen molar-refractivity contribution in [2.75, 3.05) is 25.0 Å². The lowest BCUT2D eigenvalue weighted by atomic mass is 10.0. The van der Waals surface area contributed by atoms with E-state index in [1.165, 1.54) is 26.3 Å². The van der Waals surface area contributed by atoms with E-state index in [0.717, 1.165) is 79.4 Å². The van der Waals surface area contributed by atoms with Crippen LogP contribution in [-0.4, -0.2) is 42.6 Å². The van der Waals surface area contributed by atoms with E-state index in [4.69, 9.17) is 4.98 Å².